The normalized spacial score (nSPS) is 20.0. The number of aliphatic carboxylic acids is 1. The first kappa shape index (κ1) is 14.1. The number of carboxylic acids is 1. The van der Waals surface area contributed by atoms with Gasteiger partial charge in [0.1, 0.15) is 10.8 Å². The summed E-state index contributed by atoms with van der Waals surface area (Å²) in [4.78, 5) is 9.76. The molecule has 0 spiro atoms. The van der Waals surface area contributed by atoms with Crippen LogP contribution in [0.1, 0.15) is 32.6 Å². The molecule has 1 atom stereocenters. The van der Waals surface area contributed by atoms with Crippen molar-refractivity contribution in [3.05, 3.63) is 0 Å². The van der Waals surface area contributed by atoms with Crippen LogP contribution in [0.3, 0.4) is 0 Å². The highest BCUT2D eigenvalue weighted by Crippen LogP contribution is 2.25. The van der Waals surface area contributed by atoms with Crippen molar-refractivity contribution in [1.82, 2.24) is 0 Å². The van der Waals surface area contributed by atoms with Gasteiger partial charge >= 0.3 is 5.97 Å². The largest absolute Gasteiger partial charge is 0.481 e. The molecule has 1 aliphatic heterocycles. The van der Waals surface area contributed by atoms with E-state index in [4.69, 9.17) is 9.29 Å². The van der Waals surface area contributed by atoms with E-state index < -0.39 is 5.97 Å². The highest BCUT2D eigenvalue weighted by atomic mass is 33.1. The van der Waals surface area contributed by atoms with Gasteiger partial charge in [-0.1, -0.05) is 13.3 Å². The van der Waals surface area contributed by atoms with Crippen molar-refractivity contribution >= 4 is 27.0 Å². The zero-order chi connectivity index (χ0) is 10.8. The van der Waals surface area contributed by atoms with Crippen molar-refractivity contribution in [3.8, 4) is 0 Å². The molecule has 1 heterocycles. The van der Waals surface area contributed by atoms with E-state index in [1.165, 1.54) is 17.9 Å². The third-order valence-corrected chi connectivity index (χ3v) is 5.51. The molecule has 84 valence electrons. The molecule has 0 aromatic rings. The monoisotopic (exact) mass is 239 g/mol. The summed E-state index contributed by atoms with van der Waals surface area (Å²) in [5.41, 5.74) is 0. The fourth-order valence-corrected chi connectivity index (χ4v) is 4.15. The first-order valence-electron chi connectivity index (χ1n) is 4.81. The van der Waals surface area contributed by atoms with Gasteiger partial charge in [0.05, 0.1) is 12.9 Å². The molecule has 1 aliphatic rings. The maximum Gasteiger partial charge on any atom is 0.303 e. The van der Waals surface area contributed by atoms with Crippen LogP contribution in [0, 0.1) is 0 Å². The molecule has 1 unspecified atom stereocenters. The van der Waals surface area contributed by atoms with E-state index in [9.17, 15) is 4.79 Å². The lowest BCUT2D eigenvalue weighted by molar-refractivity contribution is -0.137. The smallest absolute Gasteiger partial charge is 0.303 e. The SMILES string of the molecule is CCCCC(=O)O.CO[S+]1CCCS1. The van der Waals surface area contributed by atoms with E-state index in [0.717, 1.165) is 12.8 Å². The Morgan fingerprint density at radius 1 is 1.64 bits per heavy atom. The Bertz CT molecular complexity index is 147. The zero-order valence-electron chi connectivity index (χ0n) is 8.82. The second-order valence-corrected chi connectivity index (χ2v) is 6.66. The molecule has 0 aromatic heterocycles. The highest BCUT2D eigenvalue weighted by Gasteiger charge is 2.26. The molecule has 1 rings (SSSR count). The van der Waals surface area contributed by atoms with Crippen LogP contribution in [0.4, 0.5) is 0 Å². The number of carbonyl (C=O) groups is 1. The number of hydrogen-bond donors (Lipinski definition) is 1. The minimum atomic E-state index is -0.693. The van der Waals surface area contributed by atoms with Gasteiger partial charge in [0.2, 0.25) is 10.2 Å². The van der Waals surface area contributed by atoms with E-state index in [1.54, 1.807) is 7.11 Å². The Hall–Kier alpha value is 0.130. The van der Waals surface area contributed by atoms with Gasteiger partial charge < -0.3 is 5.11 Å². The van der Waals surface area contributed by atoms with Crippen LogP contribution in [0.2, 0.25) is 0 Å². The fraction of sp³-hybridized carbons (Fsp3) is 0.889. The Morgan fingerprint density at radius 2 is 2.36 bits per heavy atom. The lowest BCUT2D eigenvalue weighted by Gasteiger charge is -1.85. The van der Waals surface area contributed by atoms with Crippen molar-refractivity contribution in [2.45, 2.75) is 32.6 Å². The van der Waals surface area contributed by atoms with E-state index in [1.807, 2.05) is 17.7 Å². The summed E-state index contributed by atoms with van der Waals surface area (Å²) in [6.07, 6.45) is 3.43. The van der Waals surface area contributed by atoms with Gasteiger partial charge in [-0.3, -0.25) is 4.79 Å². The van der Waals surface area contributed by atoms with Crippen LogP contribution in [-0.4, -0.2) is 29.7 Å². The van der Waals surface area contributed by atoms with Crippen molar-refractivity contribution in [2.24, 2.45) is 0 Å². The van der Waals surface area contributed by atoms with E-state index in [0.29, 0.717) is 6.42 Å². The van der Waals surface area contributed by atoms with Gasteiger partial charge in [0.15, 0.2) is 5.75 Å². The van der Waals surface area contributed by atoms with Crippen LogP contribution in [0.15, 0.2) is 0 Å². The molecule has 0 amide bonds. The summed E-state index contributed by atoms with van der Waals surface area (Å²) in [7, 11) is 4.02. The van der Waals surface area contributed by atoms with Crippen LogP contribution in [0.25, 0.3) is 0 Å². The maximum atomic E-state index is 9.76. The Kier molecular flexibility index (Phi) is 9.77. The lowest BCUT2D eigenvalue weighted by atomic mass is 10.3. The van der Waals surface area contributed by atoms with Crippen molar-refractivity contribution in [3.63, 3.8) is 0 Å². The van der Waals surface area contributed by atoms with Gasteiger partial charge in [0, 0.05) is 12.8 Å². The molecule has 0 radical (unpaired) electrons. The molecule has 0 saturated carbocycles. The summed E-state index contributed by atoms with van der Waals surface area (Å²) in [6.45, 7) is 1.98. The van der Waals surface area contributed by atoms with Crippen LogP contribution in [-0.2, 0) is 19.2 Å². The third-order valence-electron chi connectivity index (χ3n) is 1.60. The third kappa shape index (κ3) is 8.72. The minimum Gasteiger partial charge on any atom is -0.481 e. The van der Waals surface area contributed by atoms with Crippen molar-refractivity contribution in [1.29, 1.82) is 0 Å². The maximum absolute atomic E-state index is 9.76. The second-order valence-electron chi connectivity index (χ2n) is 2.85. The molecule has 1 saturated heterocycles. The van der Waals surface area contributed by atoms with Gasteiger partial charge in [0.25, 0.3) is 0 Å². The first-order chi connectivity index (χ1) is 6.70. The molecule has 5 heteroatoms. The molecular formula is C9H19O3S2+. The molecule has 1 fully saturated rings. The number of unbranched alkanes of at least 4 members (excludes halogenated alkanes) is 1. The minimum absolute atomic E-state index is 0.282. The Morgan fingerprint density at radius 3 is 2.57 bits per heavy atom. The summed E-state index contributed by atoms with van der Waals surface area (Å²) in [5, 5.41) is 8.04. The molecular weight excluding hydrogens is 220 g/mol. The fourth-order valence-electron chi connectivity index (χ4n) is 0.847. The quantitative estimate of drug-likeness (QED) is 0.605. The highest BCUT2D eigenvalue weighted by molar-refractivity contribution is 8.72. The summed E-state index contributed by atoms with van der Waals surface area (Å²) in [6, 6.07) is 0. The van der Waals surface area contributed by atoms with Gasteiger partial charge in [-0.2, -0.15) is 4.18 Å². The zero-order valence-corrected chi connectivity index (χ0v) is 10.5. The number of carboxylic acid groups (broad SMARTS) is 1. The average molecular weight is 239 g/mol. The van der Waals surface area contributed by atoms with Gasteiger partial charge in [-0.05, 0) is 6.42 Å². The molecule has 1 N–H and O–H groups in total. The average Bonchev–Trinajstić information content (AvgIpc) is 2.68. The molecule has 0 bridgehead atoms. The van der Waals surface area contributed by atoms with Crippen LogP contribution < -0.4 is 0 Å². The molecule has 3 nitrogen and oxygen atoms in total. The Labute approximate surface area is 92.6 Å². The van der Waals surface area contributed by atoms with Gasteiger partial charge in [-0.25, -0.2) is 0 Å². The standard InChI is InChI=1S/C5H10O2.C4H9OS2/c1-2-3-4-5(6)7;1-5-7-4-2-3-6-7/h2-4H2,1H3,(H,6,7);2-4H2,1H3/q;+1. The summed E-state index contributed by atoms with van der Waals surface area (Å²) >= 11 is 0. The van der Waals surface area contributed by atoms with E-state index >= 15 is 0 Å². The molecule has 14 heavy (non-hydrogen) atoms. The van der Waals surface area contributed by atoms with E-state index in [-0.39, 0.29) is 10.2 Å². The summed E-state index contributed by atoms with van der Waals surface area (Å²) in [5.74, 6) is 1.89. The van der Waals surface area contributed by atoms with Gasteiger partial charge in [-0.15, -0.1) is 0 Å². The van der Waals surface area contributed by atoms with Crippen LogP contribution in [0.5, 0.6) is 0 Å². The van der Waals surface area contributed by atoms with E-state index in [2.05, 4.69) is 0 Å². The molecule has 0 aliphatic carbocycles. The first-order valence-corrected chi connectivity index (χ1v) is 7.63. The van der Waals surface area contributed by atoms with Crippen molar-refractivity contribution < 1.29 is 14.1 Å². The Balaban J connectivity index is 0.000000241. The predicted octanol–water partition coefficient (Wildman–Crippen LogP) is 2.48. The van der Waals surface area contributed by atoms with Crippen molar-refractivity contribution in [2.75, 3.05) is 18.6 Å². The second kappa shape index (κ2) is 9.68. The van der Waals surface area contributed by atoms with Crippen LogP contribution >= 0.6 is 10.8 Å². The molecule has 0 aromatic carbocycles. The number of hydrogen-bond acceptors (Lipinski definition) is 3. The predicted molar refractivity (Wildman–Crippen MR) is 63.5 cm³/mol. The topological polar surface area (TPSA) is 46.5 Å². The summed E-state index contributed by atoms with van der Waals surface area (Å²) < 4.78 is 5.10. The lowest BCUT2D eigenvalue weighted by Crippen LogP contribution is -1.95. The number of rotatable bonds is 4.